The number of nitrogens with zero attached hydrogens (tertiary/aromatic N) is 3. The molecule has 6 nitrogen and oxygen atoms in total. The number of carbonyl (C=O) groups is 1. The molecule has 0 aliphatic carbocycles. The van der Waals surface area contributed by atoms with Gasteiger partial charge in [0, 0.05) is 17.0 Å². The summed E-state index contributed by atoms with van der Waals surface area (Å²) in [6.07, 6.45) is 1.40. The summed E-state index contributed by atoms with van der Waals surface area (Å²) >= 11 is 1.31. The predicted octanol–water partition coefficient (Wildman–Crippen LogP) is 2.92. The molecule has 0 unspecified atom stereocenters. The molecule has 7 heteroatoms. The van der Waals surface area contributed by atoms with E-state index in [9.17, 15) is 4.79 Å². The van der Waals surface area contributed by atoms with Crippen molar-refractivity contribution in [2.75, 3.05) is 5.32 Å². The Balaban J connectivity index is 1.77. The second-order valence-electron chi connectivity index (χ2n) is 4.06. The normalized spacial score (nSPS) is 10.0. The fourth-order valence-electron chi connectivity index (χ4n) is 1.67. The van der Waals surface area contributed by atoms with Crippen molar-refractivity contribution >= 4 is 22.4 Å². The van der Waals surface area contributed by atoms with Gasteiger partial charge < -0.3 is 4.52 Å². The molecule has 0 bridgehead atoms. The van der Waals surface area contributed by atoms with E-state index in [1.165, 1.54) is 23.6 Å². The molecule has 0 aliphatic rings. The van der Waals surface area contributed by atoms with E-state index in [1.54, 1.807) is 12.1 Å². The minimum atomic E-state index is -0.395. The first-order valence-corrected chi connectivity index (χ1v) is 6.82. The van der Waals surface area contributed by atoms with Crippen LogP contribution in [0.15, 0.2) is 46.4 Å². The second kappa shape index (κ2) is 5.56. The van der Waals surface area contributed by atoms with Gasteiger partial charge in [-0.05, 0) is 12.1 Å². The Morgan fingerprint density at radius 3 is 2.76 bits per heavy atom. The smallest absolute Gasteiger partial charge is 0.296 e. The van der Waals surface area contributed by atoms with Crippen LogP contribution in [0.25, 0.3) is 11.3 Å². The van der Waals surface area contributed by atoms with Gasteiger partial charge in [0.05, 0.1) is 23.5 Å². The van der Waals surface area contributed by atoms with Gasteiger partial charge in [0.2, 0.25) is 5.76 Å². The van der Waals surface area contributed by atoms with Gasteiger partial charge in [0.25, 0.3) is 5.91 Å². The predicted molar refractivity (Wildman–Crippen MR) is 76.7 cm³/mol. The van der Waals surface area contributed by atoms with Gasteiger partial charge in [0.15, 0.2) is 5.13 Å². The van der Waals surface area contributed by atoms with Gasteiger partial charge >= 0.3 is 0 Å². The highest BCUT2D eigenvalue weighted by Crippen LogP contribution is 2.25. The van der Waals surface area contributed by atoms with Gasteiger partial charge in [-0.15, -0.1) is 11.3 Å². The molecular formula is C14H8N4O2S. The van der Waals surface area contributed by atoms with Crippen LogP contribution in [0.5, 0.6) is 0 Å². The minimum Gasteiger partial charge on any atom is -0.351 e. The average Bonchev–Trinajstić information content (AvgIpc) is 3.19. The summed E-state index contributed by atoms with van der Waals surface area (Å²) in [5.74, 6) is -0.265. The fraction of sp³-hybridized carbons (Fsp3) is 0. The zero-order chi connectivity index (χ0) is 14.7. The second-order valence-corrected chi connectivity index (χ2v) is 4.92. The van der Waals surface area contributed by atoms with Crippen molar-refractivity contribution in [2.24, 2.45) is 0 Å². The molecule has 1 aromatic carbocycles. The van der Waals surface area contributed by atoms with Crippen molar-refractivity contribution in [3.63, 3.8) is 0 Å². The molecule has 1 amide bonds. The highest BCUT2D eigenvalue weighted by Gasteiger charge is 2.12. The highest BCUT2D eigenvalue weighted by atomic mass is 32.1. The molecule has 0 saturated heterocycles. The van der Waals surface area contributed by atoms with E-state index >= 15 is 0 Å². The van der Waals surface area contributed by atoms with Crippen LogP contribution in [0, 0.1) is 11.3 Å². The monoisotopic (exact) mass is 296 g/mol. The largest absolute Gasteiger partial charge is 0.351 e. The van der Waals surface area contributed by atoms with Crippen LogP contribution < -0.4 is 5.32 Å². The standard InChI is InChI=1S/C14H8N4O2S/c15-7-9-1-3-10(4-2-9)11-8-21-14(17-11)18-13(19)12-5-6-16-20-12/h1-6,8H,(H,17,18,19). The molecule has 3 rings (SSSR count). The number of hydrogen-bond acceptors (Lipinski definition) is 6. The highest BCUT2D eigenvalue weighted by molar-refractivity contribution is 7.14. The molecule has 21 heavy (non-hydrogen) atoms. The molecule has 0 radical (unpaired) electrons. The third kappa shape index (κ3) is 2.80. The molecule has 0 fully saturated rings. The third-order valence-corrected chi connectivity index (χ3v) is 3.45. The summed E-state index contributed by atoms with van der Waals surface area (Å²) in [5, 5.41) is 17.2. The zero-order valence-corrected chi connectivity index (χ0v) is 11.4. The maximum Gasteiger partial charge on any atom is 0.296 e. The van der Waals surface area contributed by atoms with Crippen LogP contribution in [0.1, 0.15) is 16.1 Å². The van der Waals surface area contributed by atoms with Gasteiger partial charge in [-0.2, -0.15) is 5.26 Å². The Morgan fingerprint density at radius 1 is 1.29 bits per heavy atom. The molecule has 2 heterocycles. The van der Waals surface area contributed by atoms with Gasteiger partial charge in [0.1, 0.15) is 0 Å². The SMILES string of the molecule is N#Cc1ccc(-c2csc(NC(=O)c3ccno3)n2)cc1. The summed E-state index contributed by atoms with van der Waals surface area (Å²) in [6, 6.07) is 10.6. The summed E-state index contributed by atoms with van der Waals surface area (Å²) in [7, 11) is 0. The maximum absolute atomic E-state index is 11.8. The number of amides is 1. The number of benzene rings is 1. The number of hydrogen-bond donors (Lipinski definition) is 1. The number of nitrogens with one attached hydrogen (secondary N) is 1. The Morgan fingerprint density at radius 2 is 2.10 bits per heavy atom. The molecule has 0 aliphatic heterocycles. The van der Waals surface area contributed by atoms with Crippen LogP contribution in [0.4, 0.5) is 5.13 Å². The van der Waals surface area contributed by atoms with Crippen molar-refractivity contribution in [3.8, 4) is 17.3 Å². The van der Waals surface area contributed by atoms with Crippen molar-refractivity contribution in [1.82, 2.24) is 10.1 Å². The maximum atomic E-state index is 11.8. The van der Waals surface area contributed by atoms with E-state index in [2.05, 4.69) is 21.5 Å². The van der Waals surface area contributed by atoms with E-state index in [1.807, 2.05) is 17.5 Å². The first-order valence-electron chi connectivity index (χ1n) is 5.94. The summed E-state index contributed by atoms with van der Waals surface area (Å²) in [4.78, 5) is 16.1. The van der Waals surface area contributed by atoms with E-state index in [0.29, 0.717) is 10.7 Å². The Labute approximate surface area is 123 Å². The van der Waals surface area contributed by atoms with Crippen molar-refractivity contribution in [2.45, 2.75) is 0 Å². The van der Waals surface area contributed by atoms with Crippen molar-refractivity contribution in [1.29, 1.82) is 5.26 Å². The first kappa shape index (κ1) is 13.0. The summed E-state index contributed by atoms with van der Waals surface area (Å²) < 4.78 is 4.77. The summed E-state index contributed by atoms with van der Waals surface area (Å²) in [5.41, 5.74) is 2.20. The van der Waals surface area contributed by atoms with E-state index in [0.717, 1.165) is 11.3 Å². The van der Waals surface area contributed by atoms with Crippen LogP contribution >= 0.6 is 11.3 Å². The first-order chi connectivity index (χ1) is 10.3. The van der Waals surface area contributed by atoms with Gasteiger partial charge in [-0.1, -0.05) is 17.3 Å². The number of aromatic nitrogens is 2. The number of anilines is 1. The fourth-order valence-corrected chi connectivity index (χ4v) is 2.39. The van der Waals surface area contributed by atoms with Gasteiger partial charge in [-0.25, -0.2) is 4.98 Å². The Bertz CT molecular complexity index is 800. The van der Waals surface area contributed by atoms with Crippen molar-refractivity contribution < 1.29 is 9.32 Å². The molecule has 102 valence electrons. The van der Waals surface area contributed by atoms with Crippen LogP contribution in [-0.4, -0.2) is 16.0 Å². The molecule has 0 saturated carbocycles. The topological polar surface area (TPSA) is 91.8 Å². The molecular weight excluding hydrogens is 288 g/mol. The third-order valence-electron chi connectivity index (χ3n) is 2.70. The van der Waals surface area contributed by atoms with E-state index in [-0.39, 0.29) is 5.76 Å². The number of carbonyl (C=O) groups excluding carboxylic acids is 1. The van der Waals surface area contributed by atoms with Crippen LogP contribution in [0.2, 0.25) is 0 Å². The number of nitriles is 1. The lowest BCUT2D eigenvalue weighted by molar-refractivity contribution is 0.0988. The van der Waals surface area contributed by atoms with Crippen LogP contribution in [-0.2, 0) is 0 Å². The quantitative estimate of drug-likeness (QED) is 0.802. The Kier molecular flexibility index (Phi) is 3.45. The van der Waals surface area contributed by atoms with E-state index < -0.39 is 5.91 Å². The molecule has 1 N–H and O–H groups in total. The zero-order valence-electron chi connectivity index (χ0n) is 10.6. The number of rotatable bonds is 3. The minimum absolute atomic E-state index is 0.130. The Hall–Kier alpha value is -2.98. The lowest BCUT2D eigenvalue weighted by Crippen LogP contribution is -2.10. The lowest BCUT2D eigenvalue weighted by atomic mass is 10.1. The van der Waals surface area contributed by atoms with Crippen LogP contribution in [0.3, 0.4) is 0 Å². The van der Waals surface area contributed by atoms with Crippen molar-refractivity contribution in [3.05, 3.63) is 53.2 Å². The lowest BCUT2D eigenvalue weighted by Gasteiger charge is -1.97. The molecule has 2 aromatic heterocycles. The number of thiazole rings is 1. The van der Waals surface area contributed by atoms with E-state index in [4.69, 9.17) is 9.78 Å². The summed E-state index contributed by atoms with van der Waals surface area (Å²) in [6.45, 7) is 0. The average molecular weight is 296 g/mol. The molecule has 3 aromatic rings. The molecule has 0 atom stereocenters. The van der Waals surface area contributed by atoms with Gasteiger partial charge in [-0.3, -0.25) is 10.1 Å². The molecule has 0 spiro atoms.